The molecule has 1 aromatic rings. The minimum atomic E-state index is -1.20. The van der Waals surface area contributed by atoms with E-state index >= 15 is 0 Å². The molecule has 0 fully saturated rings. The van der Waals surface area contributed by atoms with E-state index in [9.17, 15) is 9.90 Å². The fourth-order valence-corrected chi connectivity index (χ4v) is 1.10. The molecule has 3 heteroatoms. The van der Waals surface area contributed by atoms with Gasteiger partial charge in [0, 0.05) is 0 Å². The lowest BCUT2D eigenvalue weighted by molar-refractivity contribution is -0.119. The molecule has 0 aliphatic rings. The van der Waals surface area contributed by atoms with Crippen LogP contribution in [0.1, 0.15) is 17.2 Å². The van der Waals surface area contributed by atoms with Crippen LogP contribution in [0.3, 0.4) is 0 Å². The number of carbonyl (C=O) groups is 1. The highest BCUT2D eigenvalue weighted by atomic mass is 35.5. The zero-order valence-electron chi connectivity index (χ0n) is 6.62. The summed E-state index contributed by atoms with van der Waals surface area (Å²) >= 11 is 5.13. The van der Waals surface area contributed by atoms with Gasteiger partial charge >= 0.3 is 0 Å². The van der Waals surface area contributed by atoms with Crippen molar-refractivity contribution in [2.24, 2.45) is 0 Å². The third kappa shape index (κ3) is 2.06. The second-order valence-corrected chi connectivity index (χ2v) is 2.99. The molecule has 0 aromatic heterocycles. The zero-order valence-corrected chi connectivity index (χ0v) is 7.38. The normalized spacial score (nSPS) is 12.6. The largest absolute Gasteiger partial charge is 0.379 e. The lowest BCUT2D eigenvalue weighted by Crippen LogP contribution is -2.04. The van der Waals surface area contributed by atoms with E-state index in [0.29, 0.717) is 5.56 Å². The van der Waals surface area contributed by atoms with Gasteiger partial charge in [-0.25, -0.2) is 0 Å². The van der Waals surface area contributed by atoms with Gasteiger partial charge in [-0.2, -0.15) is 0 Å². The summed E-state index contributed by atoms with van der Waals surface area (Å²) in [6.45, 7) is 1.88. The highest BCUT2D eigenvalue weighted by Crippen LogP contribution is 2.16. The molecule has 64 valence electrons. The van der Waals surface area contributed by atoms with Crippen molar-refractivity contribution in [2.75, 3.05) is 0 Å². The maximum Gasteiger partial charge on any atom is 0.254 e. The molecule has 0 saturated heterocycles. The summed E-state index contributed by atoms with van der Waals surface area (Å²) in [6.07, 6.45) is -1.20. The van der Waals surface area contributed by atoms with Crippen molar-refractivity contribution in [3.63, 3.8) is 0 Å². The topological polar surface area (TPSA) is 37.3 Å². The van der Waals surface area contributed by atoms with Crippen LogP contribution < -0.4 is 0 Å². The summed E-state index contributed by atoms with van der Waals surface area (Å²) < 4.78 is 0. The van der Waals surface area contributed by atoms with Gasteiger partial charge < -0.3 is 5.11 Å². The first-order valence-electron chi connectivity index (χ1n) is 3.55. The molecule has 0 aliphatic carbocycles. The van der Waals surface area contributed by atoms with Crippen molar-refractivity contribution in [3.8, 4) is 0 Å². The number of carbonyl (C=O) groups excluding carboxylic acids is 1. The van der Waals surface area contributed by atoms with Gasteiger partial charge in [0.2, 0.25) is 0 Å². The molecule has 2 nitrogen and oxygen atoms in total. The Morgan fingerprint density at radius 1 is 1.58 bits per heavy atom. The van der Waals surface area contributed by atoms with E-state index in [0.717, 1.165) is 5.56 Å². The average molecular weight is 185 g/mol. The van der Waals surface area contributed by atoms with Crippen LogP contribution in [0.5, 0.6) is 0 Å². The van der Waals surface area contributed by atoms with Gasteiger partial charge in [-0.15, -0.1) is 0 Å². The fourth-order valence-electron chi connectivity index (χ4n) is 0.971. The first-order valence-corrected chi connectivity index (χ1v) is 3.93. The minimum absolute atomic E-state index is 0.537. The van der Waals surface area contributed by atoms with Gasteiger partial charge in [0.15, 0.2) is 6.10 Å². The van der Waals surface area contributed by atoms with Gasteiger partial charge in [0.1, 0.15) is 0 Å². The van der Waals surface area contributed by atoms with E-state index in [2.05, 4.69) is 0 Å². The molecule has 0 heterocycles. The SMILES string of the molecule is Cc1cccc([C@@H](O)C(=O)Cl)c1. The Bertz CT molecular complexity index is 296. The molecule has 0 radical (unpaired) electrons. The van der Waals surface area contributed by atoms with Gasteiger partial charge in [0.25, 0.3) is 5.24 Å². The first-order chi connectivity index (χ1) is 5.61. The fraction of sp³-hybridized carbons (Fsp3) is 0.222. The van der Waals surface area contributed by atoms with Crippen LogP contribution in [0.4, 0.5) is 0 Å². The molecule has 0 aliphatic heterocycles. The van der Waals surface area contributed by atoms with Crippen molar-refractivity contribution < 1.29 is 9.90 Å². The number of benzene rings is 1. The number of hydrogen-bond acceptors (Lipinski definition) is 2. The van der Waals surface area contributed by atoms with E-state index in [1.54, 1.807) is 18.2 Å². The van der Waals surface area contributed by atoms with Crippen LogP contribution in [-0.4, -0.2) is 10.3 Å². The maximum absolute atomic E-state index is 10.6. The Labute approximate surface area is 75.8 Å². The van der Waals surface area contributed by atoms with Crippen LogP contribution in [0, 0.1) is 6.92 Å². The van der Waals surface area contributed by atoms with Crippen LogP contribution in [0.25, 0.3) is 0 Å². The van der Waals surface area contributed by atoms with Crippen LogP contribution in [0.2, 0.25) is 0 Å². The zero-order chi connectivity index (χ0) is 9.14. The predicted octanol–water partition coefficient (Wildman–Crippen LogP) is 1.79. The summed E-state index contributed by atoms with van der Waals surface area (Å²) in [5.74, 6) is 0. The molecule has 0 bridgehead atoms. The molecule has 0 amide bonds. The van der Waals surface area contributed by atoms with Crippen molar-refractivity contribution in [1.29, 1.82) is 0 Å². The molecule has 12 heavy (non-hydrogen) atoms. The highest BCUT2D eigenvalue weighted by Gasteiger charge is 2.13. The van der Waals surface area contributed by atoms with Gasteiger partial charge in [0.05, 0.1) is 0 Å². The predicted molar refractivity (Wildman–Crippen MR) is 47.0 cm³/mol. The highest BCUT2D eigenvalue weighted by molar-refractivity contribution is 6.64. The molecule has 1 N–H and O–H groups in total. The van der Waals surface area contributed by atoms with E-state index in [1.165, 1.54) is 0 Å². The van der Waals surface area contributed by atoms with Crippen molar-refractivity contribution in [1.82, 2.24) is 0 Å². The molecule has 0 spiro atoms. The molecule has 0 saturated carbocycles. The number of aryl methyl sites for hydroxylation is 1. The van der Waals surface area contributed by atoms with E-state index in [1.807, 2.05) is 13.0 Å². The Morgan fingerprint density at radius 3 is 2.75 bits per heavy atom. The average Bonchev–Trinajstić information content (AvgIpc) is 2.03. The third-order valence-corrected chi connectivity index (χ3v) is 1.78. The number of halogens is 1. The number of aliphatic hydroxyl groups is 1. The van der Waals surface area contributed by atoms with Crippen molar-refractivity contribution in [2.45, 2.75) is 13.0 Å². The van der Waals surface area contributed by atoms with Crippen molar-refractivity contribution >= 4 is 16.8 Å². The Balaban J connectivity index is 2.95. The van der Waals surface area contributed by atoms with E-state index in [-0.39, 0.29) is 0 Å². The smallest absolute Gasteiger partial charge is 0.254 e. The van der Waals surface area contributed by atoms with Crippen LogP contribution >= 0.6 is 11.6 Å². The number of rotatable bonds is 2. The summed E-state index contributed by atoms with van der Waals surface area (Å²) in [5, 5.41) is 8.49. The molecule has 1 rings (SSSR count). The minimum Gasteiger partial charge on any atom is -0.379 e. The Kier molecular flexibility index (Phi) is 2.84. The van der Waals surface area contributed by atoms with Crippen LogP contribution in [-0.2, 0) is 4.79 Å². The second-order valence-electron chi connectivity index (χ2n) is 2.62. The molecular weight excluding hydrogens is 176 g/mol. The standard InChI is InChI=1S/C9H9ClO2/c1-6-3-2-4-7(5-6)8(11)9(10)12/h2-5,8,11H,1H3/t8-/m1/s1. The molecule has 1 aromatic carbocycles. The lowest BCUT2D eigenvalue weighted by Gasteiger charge is -2.05. The third-order valence-electron chi connectivity index (χ3n) is 1.57. The van der Waals surface area contributed by atoms with Gasteiger partial charge in [-0.05, 0) is 24.1 Å². The monoisotopic (exact) mass is 184 g/mol. The van der Waals surface area contributed by atoms with Gasteiger partial charge in [-0.1, -0.05) is 29.8 Å². The first kappa shape index (κ1) is 9.23. The molecular formula is C9H9ClO2. The van der Waals surface area contributed by atoms with Crippen molar-refractivity contribution in [3.05, 3.63) is 35.4 Å². The Morgan fingerprint density at radius 2 is 2.25 bits per heavy atom. The summed E-state index contributed by atoms with van der Waals surface area (Å²) in [7, 11) is 0. The molecule has 1 atom stereocenters. The molecule has 0 unspecified atom stereocenters. The summed E-state index contributed by atoms with van der Waals surface area (Å²) in [6, 6.07) is 7.05. The van der Waals surface area contributed by atoms with E-state index < -0.39 is 11.3 Å². The Hall–Kier alpha value is -0.860. The quantitative estimate of drug-likeness (QED) is 0.712. The number of aliphatic hydroxyl groups excluding tert-OH is 1. The van der Waals surface area contributed by atoms with Crippen LogP contribution in [0.15, 0.2) is 24.3 Å². The second kappa shape index (κ2) is 3.70. The number of hydrogen-bond donors (Lipinski definition) is 1. The summed E-state index contributed by atoms with van der Waals surface area (Å²) in [5.41, 5.74) is 1.53. The maximum atomic E-state index is 10.6. The van der Waals surface area contributed by atoms with E-state index in [4.69, 9.17) is 11.6 Å². The summed E-state index contributed by atoms with van der Waals surface area (Å²) in [4.78, 5) is 10.6. The lowest BCUT2D eigenvalue weighted by atomic mass is 10.1. The van der Waals surface area contributed by atoms with Gasteiger partial charge in [-0.3, -0.25) is 4.79 Å².